The molecule has 0 saturated heterocycles. The fraction of sp³-hybridized carbons (Fsp3) is 0.250. The molecule has 23 heavy (non-hydrogen) atoms. The first-order chi connectivity index (χ1) is 11.0. The maximum atomic E-state index is 11.5. The van der Waals surface area contributed by atoms with Crippen molar-refractivity contribution in [2.75, 3.05) is 12.9 Å². The molecule has 0 aliphatic heterocycles. The van der Waals surface area contributed by atoms with Crippen LogP contribution in [0.25, 0.3) is 11.1 Å². The number of sulfonamides is 1. The maximum Gasteiger partial charge on any atom is 0.211 e. The fourth-order valence-electron chi connectivity index (χ4n) is 2.00. The van der Waals surface area contributed by atoms with Gasteiger partial charge in [-0.25, -0.2) is 13.1 Å². The van der Waals surface area contributed by atoms with Crippen LogP contribution in [0.4, 0.5) is 0 Å². The number of ether oxygens (including phenoxy) is 1. The molecular weight excluding hydrogens is 314 g/mol. The van der Waals surface area contributed by atoms with E-state index in [4.69, 9.17) is 10.00 Å². The van der Waals surface area contributed by atoms with E-state index in [0.717, 1.165) is 16.7 Å². The first-order valence-corrected chi connectivity index (χ1v) is 8.64. The van der Waals surface area contributed by atoms with Crippen molar-refractivity contribution in [1.82, 2.24) is 9.71 Å². The second-order valence-electron chi connectivity index (χ2n) is 4.83. The summed E-state index contributed by atoms with van der Waals surface area (Å²) >= 11 is 0. The smallest absolute Gasteiger partial charge is 0.211 e. The first-order valence-electron chi connectivity index (χ1n) is 6.99. The summed E-state index contributed by atoms with van der Waals surface area (Å²) in [5, 5.41) is 9.02. The van der Waals surface area contributed by atoms with Gasteiger partial charge in [0.2, 0.25) is 10.0 Å². The van der Waals surface area contributed by atoms with Crippen LogP contribution in [-0.2, 0) is 16.6 Å². The number of hydrogen-bond donors (Lipinski definition) is 1. The Labute approximate surface area is 135 Å². The Morgan fingerprint density at radius 1 is 1.26 bits per heavy atom. The predicted octanol–water partition coefficient (Wildman–Crippen LogP) is 2.07. The van der Waals surface area contributed by atoms with E-state index in [1.807, 2.05) is 6.07 Å². The molecule has 0 amide bonds. The molecule has 2 rings (SSSR count). The normalized spacial score (nSPS) is 11.0. The summed E-state index contributed by atoms with van der Waals surface area (Å²) in [6, 6.07) is 9.16. The highest BCUT2D eigenvalue weighted by atomic mass is 32.2. The lowest BCUT2D eigenvalue weighted by atomic mass is 10.0. The summed E-state index contributed by atoms with van der Waals surface area (Å²) in [4.78, 5) is 4.14. The number of rotatable bonds is 6. The van der Waals surface area contributed by atoms with Crippen LogP contribution < -0.4 is 9.46 Å². The number of nitrogens with one attached hydrogen (secondary N) is 1. The van der Waals surface area contributed by atoms with Gasteiger partial charge in [-0.2, -0.15) is 5.26 Å². The van der Waals surface area contributed by atoms with Crippen LogP contribution in [0.3, 0.4) is 0 Å². The third kappa shape index (κ3) is 4.28. The van der Waals surface area contributed by atoms with Gasteiger partial charge in [0.25, 0.3) is 0 Å². The molecule has 0 bridgehead atoms. The standard InChI is InChI=1S/C16H17N3O3S/c1-3-23(20,21)19-10-12-6-15(11-18-9-12)13-4-5-14(8-17)16(7-13)22-2/h4-7,9,11,19H,3,10H2,1-2H3. The lowest BCUT2D eigenvalue weighted by Gasteiger charge is -2.09. The van der Waals surface area contributed by atoms with E-state index in [0.29, 0.717) is 11.3 Å². The molecule has 1 aromatic carbocycles. The molecule has 1 heterocycles. The summed E-state index contributed by atoms with van der Waals surface area (Å²) < 4.78 is 30.7. The molecule has 2 aromatic rings. The predicted molar refractivity (Wildman–Crippen MR) is 87.2 cm³/mol. The molecule has 1 aromatic heterocycles. The Morgan fingerprint density at radius 3 is 2.70 bits per heavy atom. The van der Waals surface area contributed by atoms with E-state index in [1.54, 1.807) is 37.5 Å². The van der Waals surface area contributed by atoms with Crippen LogP contribution in [0.2, 0.25) is 0 Å². The number of hydrogen-bond acceptors (Lipinski definition) is 5. The monoisotopic (exact) mass is 331 g/mol. The minimum atomic E-state index is -3.25. The highest BCUT2D eigenvalue weighted by Gasteiger charge is 2.09. The number of pyridine rings is 1. The van der Waals surface area contributed by atoms with Gasteiger partial charge >= 0.3 is 0 Å². The number of benzene rings is 1. The van der Waals surface area contributed by atoms with Crippen molar-refractivity contribution in [3.8, 4) is 22.9 Å². The van der Waals surface area contributed by atoms with Crippen molar-refractivity contribution < 1.29 is 13.2 Å². The van der Waals surface area contributed by atoms with Gasteiger partial charge in [-0.1, -0.05) is 6.07 Å². The second-order valence-corrected chi connectivity index (χ2v) is 6.93. The average Bonchev–Trinajstić information content (AvgIpc) is 2.59. The lowest BCUT2D eigenvalue weighted by molar-refractivity contribution is 0.413. The van der Waals surface area contributed by atoms with Crippen molar-refractivity contribution in [1.29, 1.82) is 5.26 Å². The number of nitrogens with zero attached hydrogens (tertiary/aromatic N) is 2. The van der Waals surface area contributed by atoms with Gasteiger partial charge in [0.05, 0.1) is 18.4 Å². The van der Waals surface area contributed by atoms with Crippen LogP contribution in [0.15, 0.2) is 36.7 Å². The minimum absolute atomic E-state index is 0.0347. The van der Waals surface area contributed by atoms with Crippen LogP contribution in [-0.4, -0.2) is 26.3 Å². The number of nitriles is 1. The summed E-state index contributed by atoms with van der Waals surface area (Å²) in [6.45, 7) is 1.77. The quantitative estimate of drug-likeness (QED) is 0.875. The summed E-state index contributed by atoms with van der Waals surface area (Å²) in [7, 11) is -1.74. The van der Waals surface area contributed by atoms with Gasteiger partial charge in [0.15, 0.2) is 0 Å². The topological polar surface area (TPSA) is 92.1 Å². The third-order valence-electron chi connectivity index (χ3n) is 3.33. The van der Waals surface area contributed by atoms with E-state index < -0.39 is 10.0 Å². The minimum Gasteiger partial charge on any atom is -0.495 e. The van der Waals surface area contributed by atoms with Crippen molar-refractivity contribution in [3.63, 3.8) is 0 Å². The number of aromatic nitrogens is 1. The van der Waals surface area contributed by atoms with Gasteiger partial charge in [0.1, 0.15) is 11.8 Å². The molecule has 0 spiro atoms. The zero-order valence-electron chi connectivity index (χ0n) is 12.9. The molecule has 6 nitrogen and oxygen atoms in total. The summed E-state index contributed by atoms with van der Waals surface area (Å²) in [5.74, 6) is 0.523. The maximum absolute atomic E-state index is 11.5. The highest BCUT2D eigenvalue weighted by molar-refractivity contribution is 7.89. The second kappa shape index (κ2) is 7.22. The van der Waals surface area contributed by atoms with Gasteiger partial charge in [0, 0.05) is 24.5 Å². The average molecular weight is 331 g/mol. The zero-order chi connectivity index (χ0) is 16.9. The Balaban J connectivity index is 2.28. The van der Waals surface area contributed by atoms with Crippen molar-refractivity contribution in [3.05, 3.63) is 47.8 Å². The number of methoxy groups -OCH3 is 1. The molecule has 120 valence electrons. The van der Waals surface area contributed by atoms with Crippen LogP contribution in [0.1, 0.15) is 18.1 Å². The van der Waals surface area contributed by atoms with E-state index >= 15 is 0 Å². The van der Waals surface area contributed by atoms with E-state index in [-0.39, 0.29) is 12.3 Å². The third-order valence-corrected chi connectivity index (χ3v) is 4.67. The Kier molecular flexibility index (Phi) is 5.32. The largest absolute Gasteiger partial charge is 0.495 e. The fourth-order valence-corrected chi connectivity index (χ4v) is 2.59. The molecule has 7 heteroatoms. The first kappa shape index (κ1) is 16.9. The molecular formula is C16H17N3O3S. The van der Waals surface area contributed by atoms with Gasteiger partial charge < -0.3 is 4.74 Å². The van der Waals surface area contributed by atoms with Crippen LogP contribution >= 0.6 is 0 Å². The Morgan fingerprint density at radius 2 is 2.04 bits per heavy atom. The molecule has 0 atom stereocenters. The van der Waals surface area contributed by atoms with E-state index in [1.165, 1.54) is 7.11 Å². The molecule has 0 aliphatic carbocycles. The molecule has 0 fully saturated rings. The molecule has 0 unspecified atom stereocenters. The van der Waals surface area contributed by atoms with Gasteiger partial charge in [-0.3, -0.25) is 4.98 Å². The zero-order valence-corrected chi connectivity index (χ0v) is 13.7. The van der Waals surface area contributed by atoms with Crippen molar-refractivity contribution in [2.24, 2.45) is 0 Å². The van der Waals surface area contributed by atoms with Crippen LogP contribution in [0, 0.1) is 11.3 Å². The summed E-state index contributed by atoms with van der Waals surface area (Å²) in [5.41, 5.74) is 2.87. The SMILES string of the molecule is CCS(=O)(=O)NCc1cncc(-c2ccc(C#N)c(OC)c2)c1. The van der Waals surface area contributed by atoms with E-state index in [2.05, 4.69) is 15.8 Å². The van der Waals surface area contributed by atoms with Crippen LogP contribution in [0.5, 0.6) is 5.75 Å². The van der Waals surface area contributed by atoms with Gasteiger partial charge in [-0.15, -0.1) is 0 Å². The molecule has 1 N–H and O–H groups in total. The highest BCUT2D eigenvalue weighted by Crippen LogP contribution is 2.27. The molecule has 0 saturated carbocycles. The lowest BCUT2D eigenvalue weighted by Crippen LogP contribution is -2.24. The van der Waals surface area contributed by atoms with E-state index in [9.17, 15) is 8.42 Å². The Hall–Kier alpha value is -2.43. The molecule has 0 aliphatic rings. The molecule has 0 radical (unpaired) electrons. The van der Waals surface area contributed by atoms with Gasteiger partial charge in [-0.05, 0) is 36.2 Å². The van der Waals surface area contributed by atoms with Crippen molar-refractivity contribution in [2.45, 2.75) is 13.5 Å². The summed E-state index contributed by atoms with van der Waals surface area (Å²) in [6.07, 6.45) is 3.29. The van der Waals surface area contributed by atoms with Crippen molar-refractivity contribution >= 4 is 10.0 Å². The Bertz CT molecular complexity index is 842.